The van der Waals surface area contributed by atoms with E-state index in [1.165, 1.54) is 70.6 Å². The zero-order valence-electron chi connectivity index (χ0n) is 17.5. The molecule has 0 aliphatic carbocycles. The van der Waals surface area contributed by atoms with E-state index in [1.807, 2.05) is 0 Å². The summed E-state index contributed by atoms with van der Waals surface area (Å²) in [5, 5.41) is 0. The molecule has 146 valence electrons. The quantitative estimate of drug-likeness (QED) is 0.185. The van der Waals surface area contributed by atoms with Crippen LogP contribution in [0.4, 0.5) is 0 Å². The van der Waals surface area contributed by atoms with Crippen LogP contribution in [0.25, 0.3) is 0 Å². The van der Waals surface area contributed by atoms with Crippen LogP contribution in [-0.2, 0) is 8.85 Å². The average molecular weight is 359 g/mol. The highest BCUT2D eigenvalue weighted by molar-refractivity contribution is 6.67. The number of hydrogen-bond acceptors (Lipinski definition) is 2. The van der Waals surface area contributed by atoms with Crippen molar-refractivity contribution in [3.8, 4) is 0 Å². The third kappa shape index (κ3) is 12.5. The molecule has 0 aliphatic heterocycles. The molecule has 24 heavy (non-hydrogen) atoms. The van der Waals surface area contributed by atoms with Gasteiger partial charge in [-0.15, -0.1) is 0 Å². The lowest BCUT2D eigenvalue weighted by Crippen LogP contribution is -2.43. The third-order valence-corrected chi connectivity index (χ3v) is 8.77. The van der Waals surface area contributed by atoms with Gasteiger partial charge in [-0.2, -0.15) is 0 Å². The number of unbranched alkanes of at least 4 members (excludes halogenated alkanes) is 9. The van der Waals surface area contributed by atoms with Gasteiger partial charge < -0.3 is 8.85 Å². The molecule has 0 aromatic carbocycles. The van der Waals surface area contributed by atoms with Crippen LogP contribution >= 0.6 is 0 Å². The highest BCUT2D eigenvalue weighted by Gasteiger charge is 2.35. The van der Waals surface area contributed by atoms with Gasteiger partial charge >= 0.3 is 8.56 Å². The summed E-state index contributed by atoms with van der Waals surface area (Å²) in [6, 6.07) is 2.16. The van der Waals surface area contributed by atoms with Crippen LogP contribution in [0.15, 0.2) is 0 Å². The summed E-state index contributed by atoms with van der Waals surface area (Å²) in [4.78, 5) is 0. The molecule has 0 rings (SSSR count). The van der Waals surface area contributed by atoms with Gasteiger partial charge in [-0.1, -0.05) is 91.9 Å². The maximum absolute atomic E-state index is 6.39. The van der Waals surface area contributed by atoms with Crippen molar-refractivity contribution in [1.29, 1.82) is 0 Å². The minimum absolute atomic E-state index is 0.356. The van der Waals surface area contributed by atoms with Gasteiger partial charge in [-0.25, -0.2) is 0 Å². The van der Waals surface area contributed by atoms with Gasteiger partial charge in [0, 0.05) is 12.7 Å². The fourth-order valence-corrected chi connectivity index (χ4v) is 6.01. The van der Waals surface area contributed by atoms with Crippen molar-refractivity contribution < 1.29 is 8.85 Å². The van der Waals surface area contributed by atoms with E-state index >= 15 is 0 Å². The molecule has 1 unspecified atom stereocenters. The van der Waals surface area contributed by atoms with Crippen molar-refractivity contribution in [3.05, 3.63) is 0 Å². The summed E-state index contributed by atoms with van der Waals surface area (Å²) in [6.07, 6.45) is 16.5. The Balaban J connectivity index is 3.70. The largest absolute Gasteiger partial charge is 0.394 e. The smallest absolute Gasteiger partial charge is 0.337 e. The van der Waals surface area contributed by atoms with Crippen LogP contribution in [0.2, 0.25) is 12.1 Å². The van der Waals surface area contributed by atoms with Crippen LogP contribution in [-0.4, -0.2) is 21.3 Å². The van der Waals surface area contributed by atoms with Crippen LogP contribution in [0, 0.1) is 0 Å². The highest BCUT2D eigenvalue weighted by Crippen LogP contribution is 2.22. The Kier molecular flexibility index (Phi) is 16.7. The molecular weight excluding hydrogens is 312 g/mol. The minimum atomic E-state index is -1.94. The van der Waals surface area contributed by atoms with E-state index in [4.69, 9.17) is 8.85 Å². The van der Waals surface area contributed by atoms with Crippen LogP contribution in [0.5, 0.6) is 0 Å². The lowest BCUT2D eigenvalue weighted by Gasteiger charge is -2.32. The van der Waals surface area contributed by atoms with E-state index in [2.05, 4.69) is 34.6 Å². The van der Waals surface area contributed by atoms with E-state index in [1.54, 1.807) is 0 Å². The van der Waals surface area contributed by atoms with Crippen LogP contribution < -0.4 is 0 Å². The van der Waals surface area contributed by atoms with E-state index < -0.39 is 8.56 Å². The third-order valence-electron chi connectivity index (χ3n) is 5.05. The number of rotatable bonds is 18. The second-order valence-corrected chi connectivity index (χ2v) is 11.1. The van der Waals surface area contributed by atoms with Crippen LogP contribution in [0.1, 0.15) is 112 Å². The first-order valence-corrected chi connectivity index (χ1v) is 13.2. The van der Waals surface area contributed by atoms with Crippen molar-refractivity contribution >= 4 is 8.56 Å². The Hall–Kier alpha value is 0.137. The Morgan fingerprint density at radius 2 is 1.17 bits per heavy atom. The maximum Gasteiger partial charge on any atom is 0.337 e. The standard InChI is InChI=1S/C21H46O2Si/c1-6-10-11-12-13-14-15-16-17-18-20-22-24(8-3,9-4)23-21(5)19-7-2/h21H,6-20H2,1-5H3. The molecule has 0 fully saturated rings. The molecule has 0 saturated heterocycles. The molecule has 0 aromatic rings. The molecule has 3 heteroatoms. The Labute approximate surface area is 154 Å². The summed E-state index contributed by atoms with van der Waals surface area (Å²) in [6.45, 7) is 12.1. The molecule has 0 radical (unpaired) electrons. The monoisotopic (exact) mass is 358 g/mol. The van der Waals surface area contributed by atoms with Gasteiger partial charge in [0.05, 0.1) is 0 Å². The molecule has 1 atom stereocenters. The predicted octanol–water partition coefficient (Wildman–Crippen LogP) is 7.61. The first kappa shape index (κ1) is 24.1. The lowest BCUT2D eigenvalue weighted by molar-refractivity contribution is 0.115. The van der Waals surface area contributed by atoms with Crippen molar-refractivity contribution in [2.75, 3.05) is 6.61 Å². The predicted molar refractivity (Wildman–Crippen MR) is 110 cm³/mol. The van der Waals surface area contributed by atoms with E-state index in [9.17, 15) is 0 Å². The first-order chi connectivity index (χ1) is 11.6. The fraction of sp³-hybridized carbons (Fsp3) is 1.00. The molecule has 0 spiro atoms. The molecular formula is C21H46O2Si. The molecule has 0 saturated carbocycles. The Bertz CT molecular complexity index is 254. The highest BCUT2D eigenvalue weighted by atomic mass is 28.4. The maximum atomic E-state index is 6.39. The summed E-state index contributed by atoms with van der Waals surface area (Å²) in [5.74, 6) is 0. The van der Waals surface area contributed by atoms with Gasteiger partial charge in [0.2, 0.25) is 0 Å². The SMILES string of the molecule is CCCCCCCCCCCCO[Si](CC)(CC)OC(C)CCC. The first-order valence-electron chi connectivity index (χ1n) is 11.0. The van der Waals surface area contributed by atoms with Crippen molar-refractivity contribution in [1.82, 2.24) is 0 Å². The minimum Gasteiger partial charge on any atom is -0.394 e. The number of hydrogen-bond donors (Lipinski definition) is 0. The summed E-state index contributed by atoms with van der Waals surface area (Å²) in [7, 11) is -1.94. The normalized spacial score (nSPS) is 13.4. The lowest BCUT2D eigenvalue weighted by atomic mass is 10.1. The molecule has 0 bridgehead atoms. The fourth-order valence-electron chi connectivity index (χ4n) is 3.33. The molecule has 0 heterocycles. The van der Waals surface area contributed by atoms with E-state index in [0.29, 0.717) is 6.10 Å². The van der Waals surface area contributed by atoms with Crippen molar-refractivity contribution in [2.24, 2.45) is 0 Å². The second-order valence-electron chi connectivity index (χ2n) is 7.37. The Morgan fingerprint density at radius 1 is 0.667 bits per heavy atom. The molecule has 0 N–H and O–H groups in total. The van der Waals surface area contributed by atoms with Gasteiger partial charge in [0.15, 0.2) is 0 Å². The van der Waals surface area contributed by atoms with Crippen molar-refractivity contribution in [2.45, 2.75) is 130 Å². The van der Waals surface area contributed by atoms with Gasteiger partial charge in [-0.3, -0.25) is 0 Å². The Morgan fingerprint density at radius 3 is 1.62 bits per heavy atom. The molecule has 0 aromatic heterocycles. The van der Waals surface area contributed by atoms with Crippen LogP contribution in [0.3, 0.4) is 0 Å². The summed E-state index contributed by atoms with van der Waals surface area (Å²) >= 11 is 0. The average Bonchev–Trinajstić information content (AvgIpc) is 2.59. The molecule has 2 nitrogen and oxygen atoms in total. The van der Waals surface area contributed by atoms with Gasteiger partial charge in [0.25, 0.3) is 0 Å². The zero-order valence-corrected chi connectivity index (χ0v) is 18.5. The zero-order chi connectivity index (χ0) is 18.1. The molecule has 0 amide bonds. The summed E-state index contributed by atoms with van der Waals surface area (Å²) < 4.78 is 12.7. The topological polar surface area (TPSA) is 18.5 Å². The van der Waals surface area contributed by atoms with Gasteiger partial charge in [0.1, 0.15) is 0 Å². The van der Waals surface area contributed by atoms with Crippen molar-refractivity contribution in [3.63, 3.8) is 0 Å². The second kappa shape index (κ2) is 16.6. The molecule has 0 aliphatic rings. The van der Waals surface area contributed by atoms with Gasteiger partial charge in [-0.05, 0) is 31.9 Å². The summed E-state index contributed by atoms with van der Waals surface area (Å²) in [5.41, 5.74) is 0. The van der Waals surface area contributed by atoms with E-state index in [0.717, 1.165) is 25.1 Å². The van der Waals surface area contributed by atoms with E-state index in [-0.39, 0.29) is 0 Å².